The van der Waals surface area contributed by atoms with Crippen LogP contribution in [0.3, 0.4) is 0 Å². The minimum atomic E-state index is -0.276. The van der Waals surface area contributed by atoms with Crippen LogP contribution in [-0.2, 0) is 0 Å². The Morgan fingerprint density at radius 3 is 1.27 bits per heavy atom. The minimum absolute atomic E-state index is 0.275. The van der Waals surface area contributed by atoms with Gasteiger partial charge in [0.15, 0.2) is 0 Å². The lowest BCUT2D eigenvalue weighted by Crippen LogP contribution is -2.10. The molecule has 0 spiro atoms. The number of para-hydroxylation sites is 4. The molecule has 0 aliphatic heterocycles. The van der Waals surface area contributed by atoms with Crippen molar-refractivity contribution in [3.63, 3.8) is 0 Å². The Kier molecular flexibility index (Phi) is 7.88. The van der Waals surface area contributed by atoms with E-state index in [2.05, 4.69) is 69.0 Å². The van der Waals surface area contributed by atoms with Gasteiger partial charge in [-0.05, 0) is 133 Å². The molecule has 7 aromatic carbocycles. The molecule has 0 saturated carbocycles. The van der Waals surface area contributed by atoms with Crippen molar-refractivity contribution in [1.29, 1.82) is 0 Å². The summed E-state index contributed by atoms with van der Waals surface area (Å²) in [6.07, 6.45) is 0. The predicted octanol–water partition coefficient (Wildman–Crippen LogP) is 11.9. The van der Waals surface area contributed by atoms with Crippen LogP contribution in [0.4, 0.5) is 42.9 Å². The van der Waals surface area contributed by atoms with Crippen LogP contribution < -0.4 is 9.80 Å². The minimum Gasteiger partial charge on any atom is -0.311 e. The van der Waals surface area contributed by atoms with E-state index < -0.39 is 0 Å². The third-order valence-corrected chi connectivity index (χ3v) is 8.51. The Hall–Kier alpha value is -6.53. The van der Waals surface area contributed by atoms with Crippen molar-refractivity contribution in [2.24, 2.45) is 0 Å². The lowest BCUT2D eigenvalue weighted by molar-refractivity contribution is 0.627. The molecule has 1 heterocycles. The quantitative estimate of drug-likeness (QED) is 0.165. The number of rotatable bonds is 8. The molecule has 1 aromatic heterocycles. The van der Waals surface area contributed by atoms with E-state index >= 15 is 0 Å². The topological polar surface area (TPSA) is 24.3 Å². The molecule has 8 aromatic rings. The van der Waals surface area contributed by atoms with E-state index in [1.807, 2.05) is 78.9 Å². The fourth-order valence-electron chi connectivity index (χ4n) is 6.22. The van der Waals surface area contributed by atoms with Crippen molar-refractivity contribution in [3.8, 4) is 17.1 Å². The smallest absolute Gasteiger partial charge is 0.145 e. The van der Waals surface area contributed by atoms with E-state index in [9.17, 15) is 8.78 Å². The zero-order valence-corrected chi connectivity index (χ0v) is 26.4. The number of aromatic nitrogens is 2. The second kappa shape index (κ2) is 12.9. The van der Waals surface area contributed by atoms with E-state index in [-0.39, 0.29) is 11.6 Å². The second-order valence-corrected chi connectivity index (χ2v) is 11.6. The van der Waals surface area contributed by atoms with Crippen LogP contribution in [0, 0.1) is 11.6 Å². The van der Waals surface area contributed by atoms with Gasteiger partial charge in [-0.2, -0.15) is 0 Å². The average Bonchev–Trinajstić information content (AvgIpc) is 3.55. The van der Waals surface area contributed by atoms with Gasteiger partial charge < -0.3 is 9.80 Å². The molecular weight excluding hydrogens is 610 g/mol. The maximum absolute atomic E-state index is 13.9. The van der Waals surface area contributed by atoms with Crippen LogP contribution in [-0.4, -0.2) is 9.55 Å². The molecule has 0 N–H and O–H groups in total. The molecule has 0 fully saturated rings. The standard InChI is InChI=1S/C43H30F2N4/c44-32-17-23-37(24-18-32)47(34-9-3-1-4-10-34)36-21-15-31(16-22-36)43-46-41-13-7-8-14-42(41)49(43)40-29-27-39(28-30-40)48(35-11-5-2-6-12-35)38-25-19-33(45)20-26-38/h1-30H. The van der Waals surface area contributed by atoms with Gasteiger partial charge in [-0.1, -0.05) is 48.5 Å². The normalized spacial score (nSPS) is 11.1. The van der Waals surface area contributed by atoms with Crippen molar-refractivity contribution >= 4 is 45.2 Å². The summed E-state index contributed by atoms with van der Waals surface area (Å²) in [5, 5.41) is 0. The van der Waals surface area contributed by atoms with Crippen LogP contribution in [0.1, 0.15) is 0 Å². The average molecular weight is 641 g/mol. The van der Waals surface area contributed by atoms with Crippen molar-refractivity contribution in [1.82, 2.24) is 9.55 Å². The molecule has 4 nitrogen and oxygen atoms in total. The largest absolute Gasteiger partial charge is 0.311 e. The lowest BCUT2D eigenvalue weighted by Gasteiger charge is -2.26. The summed E-state index contributed by atoms with van der Waals surface area (Å²) in [7, 11) is 0. The monoisotopic (exact) mass is 640 g/mol. The van der Waals surface area contributed by atoms with Gasteiger partial charge in [0.25, 0.3) is 0 Å². The fourth-order valence-corrected chi connectivity index (χ4v) is 6.22. The summed E-state index contributed by atoms with van der Waals surface area (Å²) >= 11 is 0. The first-order valence-electron chi connectivity index (χ1n) is 16.0. The molecule has 6 heteroatoms. The second-order valence-electron chi connectivity index (χ2n) is 11.6. The van der Waals surface area contributed by atoms with Gasteiger partial charge in [0.05, 0.1) is 11.0 Å². The highest BCUT2D eigenvalue weighted by atomic mass is 19.1. The Balaban J connectivity index is 1.19. The van der Waals surface area contributed by atoms with Crippen molar-refractivity contribution in [3.05, 3.63) is 194 Å². The molecule has 0 aliphatic carbocycles. The van der Waals surface area contributed by atoms with Crippen molar-refractivity contribution < 1.29 is 8.78 Å². The zero-order chi connectivity index (χ0) is 33.2. The summed E-state index contributed by atoms with van der Waals surface area (Å²) in [4.78, 5) is 9.29. The van der Waals surface area contributed by atoms with Gasteiger partial charge in [-0.15, -0.1) is 0 Å². The molecule has 0 bridgehead atoms. The van der Waals surface area contributed by atoms with Crippen molar-refractivity contribution in [2.45, 2.75) is 0 Å². The van der Waals surface area contributed by atoms with E-state index in [4.69, 9.17) is 4.98 Å². The molecule has 0 atom stereocenters. The summed E-state index contributed by atoms with van der Waals surface area (Å²) in [6, 6.07) is 57.9. The maximum Gasteiger partial charge on any atom is 0.145 e. The Bertz CT molecular complexity index is 2320. The molecule has 8 rings (SSSR count). The predicted molar refractivity (Wildman–Crippen MR) is 196 cm³/mol. The number of anilines is 6. The first-order valence-corrected chi connectivity index (χ1v) is 16.0. The molecule has 0 unspecified atom stereocenters. The van der Waals surface area contributed by atoms with Gasteiger partial charge in [-0.25, -0.2) is 13.8 Å². The van der Waals surface area contributed by atoms with Crippen LogP contribution in [0.25, 0.3) is 28.1 Å². The van der Waals surface area contributed by atoms with Gasteiger partial charge in [0.1, 0.15) is 17.5 Å². The highest BCUT2D eigenvalue weighted by Crippen LogP contribution is 2.38. The number of hydrogen-bond donors (Lipinski definition) is 0. The summed E-state index contributed by atoms with van der Waals surface area (Å²) < 4.78 is 29.9. The Morgan fingerprint density at radius 1 is 0.388 bits per heavy atom. The number of fused-ring (bicyclic) bond motifs is 1. The Morgan fingerprint density at radius 2 is 0.776 bits per heavy atom. The SMILES string of the molecule is Fc1ccc(N(c2ccccc2)c2ccc(-c3nc4ccccc4n3-c3ccc(N(c4ccccc4)c4ccc(F)cc4)cc3)cc2)cc1. The Labute approximate surface area is 283 Å². The number of imidazole rings is 1. The first-order chi connectivity index (χ1) is 24.1. The lowest BCUT2D eigenvalue weighted by atomic mass is 10.1. The highest BCUT2D eigenvalue weighted by Gasteiger charge is 2.18. The van der Waals surface area contributed by atoms with Crippen molar-refractivity contribution in [2.75, 3.05) is 9.80 Å². The van der Waals surface area contributed by atoms with E-state index in [1.165, 1.54) is 24.3 Å². The van der Waals surface area contributed by atoms with Gasteiger partial charge in [0.2, 0.25) is 0 Å². The summed E-state index contributed by atoms with van der Waals surface area (Å²) in [6.45, 7) is 0. The van der Waals surface area contributed by atoms with Gasteiger partial charge in [0, 0.05) is 45.4 Å². The first kappa shape index (κ1) is 29.8. The van der Waals surface area contributed by atoms with Gasteiger partial charge >= 0.3 is 0 Å². The molecule has 0 amide bonds. The number of benzene rings is 7. The van der Waals surface area contributed by atoms with E-state index in [0.717, 1.165) is 62.2 Å². The molecule has 0 aliphatic rings. The fraction of sp³-hybridized carbons (Fsp3) is 0. The zero-order valence-electron chi connectivity index (χ0n) is 26.4. The van der Waals surface area contributed by atoms with Crippen LogP contribution in [0.2, 0.25) is 0 Å². The number of halogens is 2. The number of nitrogens with zero attached hydrogens (tertiary/aromatic N) is 4. The molecule has 0 radical (unpaired) electrons. The van der Waals surface area contributed by atoms with Crippen LogP contribution >= 0.6 is 0 Å². The van der Waals surface area contributed by atoms with Crippen LogP contribution in [0.5, 0.6) is 0 Å². The molecule has 0 saturated heterocycles. The maximum atomic E-state index is 13.9. The summed E-state index contributed by atoms with van der Waals surface area (Å²) in [5.41, 5.74) is 9.34. The highest BCUT2D eigenvalue weighted by molar-refractivity contribution is 5.85. The number of hydrogen-bond acceptors (Lipinski definition) is 3. The van der Waals surface area contributed by atoms with Gasteiger partial charge in [-0.3, -0.25) is 4.57 Å². The summed E-state index contributed by atoms with van der Waals surface area (Å²) in [5.74, 6) is 0.261. The van der Waals surface area contributed by atoms with Crippen LogP contribution in [0.15, 0.2) is 182 Å². The van der Waals surface area contributed by atoms with E-state index in [0.29, 0.717) is 0 Å². The molecule has 49 heavy (non-hydrogen) atoms. The van der Waals surface area contributed by atoms with E-state index in [1.54, 1.807) is 24.3 Å². The third-order valence-electron chi connectivity index (χ3n) is 8.51. The molecular formula is C43H30F2N4. The third kappa shape index (κ3) is 5.92. The molecule has 236 valence electrons.